The fourth-order valence-electron chi connectivity index (χ4n) is 3.17. The molecular weight excluding hydrogens is 780 g/mol. The third-order valence-corrected chi connectivity index (χ3v) is 6.15. The number of carbonyl (C=O) groups is 1. The number of nitro groups is 2. The number of hydrogen-bond donors (Lipinski definition) is 0. The number of aldehydes is 1. The van der Waals surface area contributed by atoms with E-state index in [1.54, 1.807) is 18.2 Å². The van der Waals surface area contributed by atoms with Crippen LogP contribution < -0.4 is 72.9 Å². The van der Waals surface area contributed by atoms with Crippen LogP contribution in [0.2, 0.25) is 0 Å². The van der Waals surface area contributed by atoms with Gasteiger partial charge in [0.25, 0.3) is 0 Å². The summed E-state index contributed by atoms with van der Waals surface area (Å²) in [5, 5.41) is 21.9. The van der Waals surface area contributed by atoms with Crippen molar-refractivity contribution in [3.8, 4) is 11.5 Å². The molecule has 0 atom stereocenters. The van der Waals surface area contributed by atoms with Gasteiger partial charge in [-0.2, -0.15) is 0 Å². The number of rotatable bonds is 7. The Balaban J connectivity index is 0.000000638. The zero-order valence-corrected chi connectivity index (χ0v) is 28.2. The standard InChI is InChI=1S/C13H15BrN2O3.C8H6BrNO4.IO4.Na/c1-19-12-5-4-11(14)10(13(12)16(17)18)6-9-15-7-2-3-8-15;1-14-7-3-2-6(9)5(4-11)8(7)10(12)13;2-1(3,4)5;/h4-6,9H,2-3,7-8H2,1H3;2-4H,1H3;;/q;;-1;+1/b9-6+;;;. The van der Waals surface area contributed by atoms with Gasteiger partial charge in [0.1, 0.15) is 25.7 Å². The summed E-state index contributed by atoms with van der Waals surface area (Å²) < 4.78 is 45.4. The normalized spacial score (nSPS) is 12.4. The second-order valence-corrected chi connectivity index (χ2v) is 11.0. The first-order chi connectivity index (χ1) is 17.7. The van der Waals surface area contributed by atoms with Gasteiger partial charge in [-0.05, 0) is 81.2 Å². The van der Waals surface area contributed by atoms with Crippen LogP contribution in [0.25, 0.3) is 6.08 Å². The van der Waals surface area contributed by atoms with Crippen molar-refractivity contribution in [1.29, 1.82) is 0 Å². The molecule has 1 heterocycles. The molecule has 1 aliphatic heterocycles. The van der Waals surface area contributed by atoms with Gasteiger partial charge in [0.05, 0.1) is 29.6 Å². The van der Waals surface area contributed by atoms with Crippen molar-refractivity contribution in [1.82, 2.24) is 4.90 Å². The van der Waals surface area contributed by atoms with Gasteiger partial charge in [-0.3, -0.25) is 38.8 Å². The van der Waals surface area contributed by atoms with Crippen LogP contribution in [-0.2, 0) is 0 Å². The molecule has 0 spiro atoms. The SMILES string of the molecule is COc1ccc(Br)c(/C=C/N2CCCC2)c1[N+](=O)[O-].COc1ccc(Br)c(C=O)c1[N+](=O)[O-].[Na+].[O-][I+3]([O-])([O-])[O-]. The molecule has 18 heteroatoms. The number of benzene rings is 2. The van der Waals surface area contributed by atoms with Crippen LogP contribution in [0.1, 0.15) is 28.8 Å². The van der Waals surface area contributed by atoms with Gasteiger partial charge in [0.2, 0.25) is 0 Å². The number of nitrogens with zero attached hydrogens (tertiary/aromatic N) is 3. The predicted octanol–water partition coefficient (Wildman–Crippen LogP) is -5.14. The van der Waals surface area contributed by atoms with Gasteiger partial charge in [-0.15, -0.1) is 0 Å². The minimum Gasteiger partial charge on any atom is -0.490 e. The molecule has 0 unspecified atom stereocenters. The Morgan fingerprint density at radius 3 is 1.59 bits per heavy atom. The van der Waals surface area contributed by atoms with Gasteiger partial charge in [-0.1, -0.05) is 0 Å². The molecule has 2 aromatic rings. The maximum Gasteiger partial charge on any atom is 1.00 e. The summed E-state index contributed by atoms with van der Waals surface area (Å²) in [5.74, 6) is 0.342. The molecule has 0 N–H and O–H groups in total. The maximum atomic E-state index is 11.2. The summed E-state index contributed by atoms with van der Waals surface area (Å²) in [7, 11) is 2.75. The Morgan fingerprint density at radius 2 is 1.23 bits per heavy atom. The number of likely N-dealkylation sites (tertiary alicyclic amines) is 1. The number of carbonyl (C=O) groups excluding carboxylic acids is 1. The van der Waals surface area contributed by atoms with E-state index in [4.69, 9.17) is 23.2 Å². The Kier molecular flexibility index (Phi) is 17.4. The first-order valence-corrected chi connectivity index (χ1v) is 15.4. The second kappa shape index (κ2) is 18.1. The van der Waals surface area contributed by atoms with E-state index in [-0.39, 0.29) is 58.0 Å². The van der Waals surface area contributed by atoms with Crippen LogP contribution in [0.4, 0.5) is 11.4 Å². The van der Waals surface area contributed by atoms with Crippen LogP contribution in [0.3, 0.4) is 0 Å². The first-order valence-electron chi connectivity index (χ1n) is 10.3. The minimum absolute atomic E-state index is 0. The summed E-state index contributed by atoms with van der Waals surface area (Å²) in [4.78, 5) is 33.6. The molecule has 0 amide bonds. The van der Waals surface area contributed by atoms with E-state index < -0.39 is 29.9 Å². The molecule has 0 radical (unpaired) electrons. The fraction of sp³-hybridized carbons (Fsp3) is 0.286. The Bertz CT molecular complexity index is 1170. The van der Waals surface area contributed by atoms with Crippen LogP contribution in [0, 0.1) is 20.2 Å². The molecule has 208 valence electrons. The van der Waals surface area contributed by atoms with Crippen molar-refractivity contribution in [2.45, 2.75) is 12.8 Å². The summed E-state index contributed by atoms with van der Waals surface area (Å²) >= 11 is 0.466. The topological polar surface area (TPSA) is 217 Å². The van der Waals surface area contributed by atoms with Crippen molar-refractivity contribution in [3.63, 3.8) is 0 Å². The molecule has 39 heavy (non-hydrogen) atoms. The molecule has 1 saturated heterocycles. The van der Waals surface area contributed by atoms with Crippen LogP contribution >= 0.6 is 31.9 Å². The molecule has 0 aromatic heterocycles. The van der Waals surface area contributed by atoms with Gasteiger partial charge < -0.3 is 14.4 Å². The third kappa shape index (κ3) is 12.7. The summed E-state index contributed by atoms with van der Waals surface area (Å²) in [6.45, 7) is 2.01. The average molecular weight is 801 g/mol. The number of methoxy groups -OCH3 is 2. The van der Waals surface area contributed by atoms with Crippen molar-refractivity contribution in [3.05, 3.63) is 70.8 Å². The smallest absolute Gasteiger partial charge is 0.490 e. The van der Waals surface area contributed by atoms with E-state index in [1.165, 1.54) is 39.2 Å². The minimum atomic E-state index is -5.94. The number of halogens is 3. The summed E-state index contributed by atoms with van der Waals surface area (Å²) in [6.07, 6.45) is 6.46. The summed E-state index contributed by atoms with van der Waals surface area (Å²) in [5.41, 5.74) is 0.190. The average Bonchev–Trinajstić information content (AvgIpc) is 3.35. The third-order valence-electron chi connectivity index (χ3n) is 4.77. The molecule has 0 aliphatic carbocycles. The zero-order valence-electron chi connectivity index (χ0n) is 20.8. The largest absolute Gasteiger partial charge is 1.00 e. The molecule has 2 aromatic carbocycles. The fourth-order valence-corrected chi connectivity index (χ4v) is 4.04. The van der Waals surface area contributed by atoms with Crippen LogP contribution in [0.5, 0.6) is 11.5 Å². The quantitative estimate of drug-likeness (QED) is 0.0845. The molecular formula is C21H21Br2IN3NaO11. The van der Waals surface area contributed by atoms with E-state index in [0.717, 1.165) is 13.1 Å². The predicted molar refractivity (Wildman–Crippen MR) is 130 cm³/mol. The van der Waals surface area contributed by atoms with Crippen molar-refractivity contribution >= 4 is 55.6 Å². The van der Waals surface area contributed by atoms with Crippen molar-refractivity contribution in [2.24, 2.45) is 0 Å². The van der Waals surface area contributed by atoms with E-state index >= 15 is 0 Å². The van der Waals surface area contributed by atoms with Gasteiger partial charge in [0.15, 0.2) is 17.8 Å². The van der Waals surface area contributed by atoms with E-state index in [0.29, 0.717) is 20.8 Å². The first kappa shape index (κ1) is 37.6. The summed E-state index contributed by atoms with van der Waals surface area (Å²) in [6, 6.07) is 6.30. The van der Waals surface area contributed by atoms with Crippen molar-refractivity contribution < 1.29 is 87.5 Å². The Hall–Kier alpha value is -1.42. The zero-order chi connectivity index (χ0) is 29.0. The van der Waals surface area contributed by atoms with Crippen LogP contribution in [0.15, 0.2) is 39.4 Å². The van der Waals surface area contributed by atoms with E-state index in [1.807, 2.05) is 6.20 Å². The number of hydrogen-bond acceptors (Lipinski definition) is 12. The van der Waals surface area contributed by atoms with Gasteiger partial charge >= 0.3 is 40.9 Å². The number of nitro benzene ring substituents is 2. The second-order valence-electron chi connectivity index (χ2n) is 7.09. The Morgan fingerprint density at radius 1 is 0.846 bits per heavy atom. The molecule has 0 bridgehead atoms. The number of ether oxygens (including phenoxy) is 2. The molecule has 0 saturated carbocycles. The molecule has 1 fully saturated rings. The van der Waals surface area contributed by atoms with Crippen molar-refractivity contribution in [2.75, 3.05) is 27.3 Å². The molecule has 3 rings (SSSR count). The van der Waals surface area contributed by atoms with Gasteiger partial charge in [-0.25, -0.2) is 0 Å². The van der Waals surface area contributed by atoms with Crippen LogP contribution in [-0.4, -0.2) is 48.3 Å². The molecule has 1 aliphatic rings. The van der Waals surface area contributed by atoms with Gasteiger partial charge in [0, 0.05) is 22.0 Å². The van der Waals surface area contributed by atoms with E-state index in [9.17, 15) is 25.0 Å². The molecule has 14 nitrogen and oxygen atoms in total. The Labute approximate surface area is 268 Å². The monoisotopic (exact) mass is 799 g/mol. The maximum absolute atomic E-state index is 11.2. The van der Waals surface area contributed by atoms with E-state index in [2.05, 4.69) is 36.8 Å².